The summed E-state index contributed by atoms with van der Waals surface area (Å²) in [5.41, 5.74) is 0.843. The molecule has 2 rings (SSSR count). The fourth-order valence-electron chi connectivity index (χ4n) is 2.00. The minimum Gasteiger partial charge on any atom is -0.496 e. The number of hydrogen-bond donors (Lipinski definition) is 2. The van der Waals surface area contributed by atoms with Crippen molar-refractivity contribution in [1.82, 2.24) is 10.0 Å². The van der Waals surface area contributed by atoms with E-state index < -0.39 is 10.0 Å². The lowest BCUT2D eigenvalue weighted by atomic mass is 10.1. The zero-order valence-corrected chi connectivity index (χ0v) is 11.9. The topological polar surface area (TPSA) is 67.4 Å². The molecule has 0 amide bonds. The first kappa shape index (κ1) is 14.3. The lowest BCUT2D eigenvalue weighted by molar-refractivity contribution is 0.361. The quantitative estimate of drug-likeness (QED) is 0.779. The maximum absolute atomic E-state index is 11.9. The number of rotatable bonds is 7. The van der Waals surface area contributed by atoms with Gasteiger partial charge in [-0.1, -0.05) is 18.2 Å². The molecule has 0 aliphatic carbocycles. The molecule has 5 nitrogen and oxygen atoms in total. The Morgan fingerprint density at radius 3 is 2.79 bits per heavy atom. The molecular weight excluding hydrogens is 264 g/mol. The lowest BCUT2D eigenvalue weighted by Gasteiger charge is -2.27. The summed E-state index contributed by atoms with van der Waals surface area (Å²) < 4.78 is 31.5. The lowest BCUT2D eigenvalue weighted by Crippen LogP contribution is -2.44. The van der Waals surface area contributed by atoms with Crippen molar-refractivity contribution in [2.45, 2.75) is 25.4 Å². The van der Waals surface area contributed by atoms with Crippen LogP contribution < -0.4 is 14.8 Å². The molecule has 1 aromatic rings. The summed E-state index contributed by atoms with van der Waals surface area (Å²) in [4.78, 5) is 0. The van der Waals surface area contributed by atoms with E-state index >= 15 is 0 Å². The van der Waals surface area contributed by atoms with Crippen LogP contribution in [0.5, 0.6) is 5.75 Å². The summed E-state index contributed by atoms with van der Waals surface area (Å²) in [6.45, 7) is 1.27. The third kappa shape index (κ3) is 4.19. The molecule has 1 aliphatic heterocycles. The third-order valence-electron chi connectivity index (χ3n) is 3.34. The zero-order valence-electron chi connectivity index (χ0n) is 11.1. The molecule has 0 radical (unpaired) electrons. The summed E-state index contributed by atoms with van der Waals surface area (Å²) in [7, 11) is -1.64. The van der Waals surface area contributed by atoms with Crippen LogP contribution in [0, 0.1) is 0 Å². The summed E-state index contributed by atoms with van der Waals surface area (Å²) in [6, 6.07) is 7.77. The highest BCUT2D eigenvalue weighted by Gasteiger charge is 2.20. The molecule has 1 unspecified atom stereocenters. The summed E-state index contributed by atoms with van der Waals surface area (Å²) >= 11 is 0. The second-order valence-electron chi connectivity index (χ2n) is 4.68. The highest BCUT2D eigenvalue weighted by atomic mass is 32.2. The predicted molar refractivity (Wildman–Crippen MR) is 74.6 cm³/mol. The fourth-order valence-corrected chi connectivity index (χ4v) is 3.12. The first-order valence-corrected chi connectivity index (χ1v) is 8.08. The Morgan fingerprint density at radius 1 is 1.42 bits per heavy atom. The number of benzene rings is 1. The van der Waals surface area contributed by atoms with Gasteiger partial charge in [0.2, 0.25) is 10.0 Å². The van der Waals surface area contributed by atoms with E-state index in [0.717, 1.165) is 18.5 Å². The predicted octanol–water partition coefficient (Wildman–Crippen LogP) is 0.867. The molecule has 1 aromatic carbocycles. The van der Waals surface area contributed by atoms with Gasteiger partial charge in [-0.3, -0.25) is 0 Å². The number of nitrogens with one attached hydrogen (secondary N) is 2. The molecule has 6 heteroatoms. The molecular formula is C13H20N2O3S. The van der Waals surface area contributed by atoms with Crippen molar-refractivity contribution in [1.29, 1.82) is 0 Å². The van der Waals surface area contributed by atoms with Gasteiger partial charge in [-0.2, -0.15) is 0 Å². The average Bonchev–Trinajstić information content (AvgIpc) is 2.35. The van der Waals surface area contributed by atoms with Crippen LogP contribution in [0.1, 0.15) is 18.4 Å². The highest BCUT2D eigenvalue weighted by Crippen LogP contribution is 2.17. The van der Waals surface area contributed by atoms with Crippen molar-refractivity contribution >= 4 is 10.0 Å². The van der Waals surface area contributed by atoms with Crippen LogP contribution in [0.4, 0.5) is 0 Å². The molecule has 106 valence electrons. The van der Waals surface area contributed by atoms with E-state index in [4.69, 9.17) is 4.74 Å². The first-order valence-electron chi connectivity index (χ1n) is 6.43. The number of para-hydroxylation sites is 1. The highest BCUT2D eigenvalue weighted by molar-refractivity contribution is 7.89. The maximum Gasteiger partial charge on any atom is 0.211 e. The van der Waals surface area contributed by atoms with E-state index in [1.54, 1.807) is 7.11 Å². The van der Waals surface area contributed by atoms with Crippen LogP contribution >= 0.6 is 0 Å². The Kier molecular flexibility index (Phi) is 4.79. The second kappa shape index (κ2) is 6.36. The zero-order chi connectivity index (χ0) is 13.7. The van der Waals surface area contributed by atoms with Gasteiger partial charge in [0.1, 0.15) is 5.75 Å². The van der Waals surface area contributed by atoms with E-state index in [0.29, 0.717) is 18.2 Å². The third-order valence-corrected chi connectivity index (χ3v) is 4.69. The van der Waals surface area contributed by atoms with Gasteiger partial charge in [-0.25, -0.2) is 13.1 Å². The summed E-state index contributed by atoms with van der Waals surface area (Å²) in [5.74, 6) is 0.866. The Morgan fingerprint density at radius 2 is 2.16 bits per heavy atom. The molecule has 2 N–H and O–H groups in total. The molecule has 1 saturated heterocycles. The molecule has 0 aromatic heterocycles. The standard InChI is InChI=1S/C13H20N2O3S/c1-18-13-5-3-2-4-11(13)10-15-19(16,17)9-7-12-6-8-14-12/h2-5,12,14-15H,6-10H2,1H3. The SMILES string of the molecule is COc1ccccc1CNS(=O)(=O)CCC1CCN1. The fraction of sp³-hybridized carbons (Fsp3) is 0.538. The molecule has 0 spiro atoms. The Bertz CT molecular complexity index is 512. The van der Waals surface area contributed by atoms with Crippen LogP contribution in [0.2, 0.25) is 0 Å². The van der Waals surface area contributed by atoms with Gasteiger partial charge >= 0.3 is 0 Å². The molecule has 1 fully saturated rings. The number of methoxy groups -OCH3 is 1. The van der Waals surface area contributed by atoms with Crippen molar-refractivity contribution in [3.63, 3.8) is 0 Å². The van der Waals surface area contributed by atoms with Crippen molar-refractivity contribution in [2.75, 3.05) is 19.4 Å². The molecule has 1 heterocycles. The minimum absolute atomic E-state index is 0.166. The van der Waals surface area contributed by atoms with Crippen molar-refractivity contribution < 1.29 is 13.2 Å². The summed E-state index contributed by atoms with van der Waals surface area (Å²) in [5, 5.41) is 3.20. The van der Waals surface area contributed by atoms with Gasteiger partial charge in [-0.05, 0) is 25.5 Å². The van der Waals surface area contributed by atoms with Crippen LogP contribution in [0.3, 0.4) is 0 Å². The van der Waals surface area contributed by atoms with Crippen LogP contribution in [-0.2, 0) is 16.6 Å². The van der Waals surface area contributed by atoms with Gasteiger partial charge < -0.3 is 10.1 Å². The Balaban J connectivity index is 1.85. The van der Waals surface area contributed by atoms with E-state index in [2.05, 4.69) is 10.0 Å². The summed E-state index contributed by atoms with van der Waals surface area (Å²) in [6.07, 6.45) is 1.74. The van der Waals surface area contributed by atoms with Gasteiger partial charge in [0, 0.05) is 18.2 Å². The van der Waals surface area contributed by atoms with Crippen LogP contribution in [-0.4, -0.2) is 33.9 Å². The largest absolute Gasteiger partial charge is 0.496 e. The smallest absolute Gasteiger partial charge is 0.211 e. The monoisotopic (exact) mass is 284 g/mol. The Labute approximate surface area is 114 Å². The van der Waals surface area contributed by atoms with Gasteiger partial charge in [-0.15, -0.1) is 0 Å². The first-order chi connectivity index (χ1) is 9.11. The van der Waals surface area contributed by atoms with E-state index in [9.17, 15) is 8.42 Å². The van der Waals surface area contributed by atoms with Crippen LogP contribution in [0.15, 0.2) is 24.3 Å². The van der Waals surface area contributed by atoms with E-state index in [1.165, 1.54) is 0 Å². The second-order valence-corrected chi connectivity index (χ2v) is 6.61. The number of hydrogen-bond acceptors (Lipinski definition) is 4. The number of ether oxygens (including phenoxy) is 1. The maximum atomic E-state index is 11.9. The molecule has 0 bridgehead atoms. The van der Waals surface area contributed by atoms with Crippen molar-refractivity contribution in [2.24, 2.45) is 0 Å². The normalized spacial score (nSPS) is 18.9. The van der Waals surface area contributed by atoms with Crippen LogP contribution in [0.25, 0.3) is 0 Å². The average molecular weight is 284 g/mol. The van der Waals surface area contributed by atoms with Crippen molar-refractivity contribution in [3.05, 3.63) is 29.8 Å². The Hall–Kier alpha value is -1.11. The van der Waals surface area contributed by atoms with Gasteiger partial charge in [0.15, 0.2) is 0 Å². The molecule has 1 atom stereocenters. The minimum atomic E-state index is -3.22. The van der Waals surface area contributed by atoms with E-state index in [1.807, 2.05) is 24.3 Å². The molecule has 0 saturated carbocycles. The van der Waals surface area contributed by atoms with Crippen molar-refractivity contribution in [3.8, 4) is 5.75 Å². The van der Waals surface area contributed by atoms with E-state index in [-0.39, 0.29) is 12.3 Å². The molecule has 1 aliphatic rings. The number of sulfonamides is 1. The molecule has 19 heavy (non-hydrogen) atoms. The van der Waals surface area contributed by atoms with Gasteiger partial charge in [0.25, 0.3) is 0 Å². The van der Waals surface area contributed by atoms with Gasteiger partial charge in [0.05, 0.1) is 12.9 Å².